The van der Waals surface area contributed by atoms with Gasteiger partial charge in [0, 0.05) is 0 Å². The second-order valence-electron chi connectivity index (χ2n) is 9.26. The van der Waals surface area contributed by atoms with Crippen molar-refractivity contribution in [2.24, 2.45) is 5.10 Å². The zero-order valence-corrected chi connectivity index (χ0v) is 24.0. The van der Waals surface area contributed by atoms with Crippen molar-refractivity contribution in [2.45, 2.75) is 13.5 Å². The van der Waals surface area contributed by atoms with Gasteiger partial charge in [-0.3, -0.25) is 4.79 Å². The summed E-state index contributed by atoms with van der Waals surface area (Å²) in [5.41, 5.74) is 4.01. The maximum Gasteiger partial charge on any atom is 0.282 e. The largest absolute Gasteiger partial charge is 0.496 e. The molecular weight excluding hydrogens is 617 g/mol. The molecule has 7 nitrogen and oxygen atoms in total. The van der Waals surface area contributed by atoms with Gasteiger partial charge in [-0.05, 0) is 89.2 Å². The Hall–Kier alpha value is -4.44. The summed E-state index contributed by atoms with van der Waals surface area (Å²) in [6.07, 6.45) is 1.64. The molecule has 198 valence electrons. The van der Waals surface area contributed by atoms with Crippen molar-refractivity contribution in [2.75, 3.05) is 7.11 Å². The molecule has 0 bridgehead atoms. The Labute approximate surface area is 243 Å². The van der Waals surface area contributed by atoms with Gasteiger partial charge in [0.1, 0.15) is 23.7 Å². The van der Waals surface area contributed by atoms with Gasteiger partial charge in [0.25, 0.3) is 5.56 Å². The molecule has 0 aliphatic carbocycles. The van der Waals surface area contributed by atoms with Crippen LogP contribution in [-0.2, 0) is 6.61 Å². The predicted octanol–water partition coefficient (Wildman–Crippen LogP) is 7.19. The third kappa shape index (κ3) is 5.10. The molecule has 0 radical (unpaired) electrons. The van der Waals surface area contributed by atoms with Gasteiger partial charge < -0.3 is 13.9 Å². The lowest BCUT2D eigenvalue weighted by atomic mass is 10.1. The number of aryl methyl sites for hydroxylation is 1. The van der Waals surface area contributed by atoms with E-state index in [-0.39, 0.29) is 5.56 Å². The van der Waals surface area contributed by atoms with E-state index in [1.54, 1.807) is 25.5 Å². The summed E-state index contributed by atoms with van der Waals surface area (Å²) >= 11 is 2.24. The maximum absolute atomic E-state index is 13.6. The van der Waals surface area contributed by atoms with Crippen molar-refractivity contribution >= 4 is 50.7 Å². The van der Waals surface area contributed by atoms with Crippen LogP contribution in [-0.4, -0.2) is 23.0 Å². The molecule has 2 aromatic heterocycles. The SMILES string of the molecule is COc1cccc2oc(-c3nc4ccccc4c(=O)n3N=Cc3ccc(OCc4cccc(C)c4)c(I)c3)cc12. The molecule has 0 saturated carbocycles. The van der Waals surface area contributed by atoms with E-state index in [2.05, 4.69) is 46.7 Å². The first kappa shape index (κ1) is 25.8. The second kappa shape index (κ2) is 11.0. The fourth-order valence-electron chi connectivity index (χ4n) is 4.51. The highest BCUT2D eigenvalue weighted by molar-refractivity contribution is 14.1. The number of methoxy groups -OCH3 is 1. The lowest BCUT2D eigenvalue weighted by molar-refractivity contribution is 0.304. The third-order valence-electron chi connectivity index (χ3n) is 6.47. The summed E-state index contributed by atoms with van der Waals surface area (Å²) in [7, 11) is 1.61. The molecule has 0 aliphatic heterocycles. The van der Waals surface area contributed by atoms with Crippen LogP contribution in [0.5, 0.6) is 11.5 Å². The molecule has 2 heterocycles. The maximum atomic E-state index is 13.6. The van der Waals surface area contributed by atoms with E-state index < -0.39 is 0 Å². The van der Waals surface area contributed by atoms with Crippen molar-refractivity contribution < 1.29 is 13.9 Å². The lowest BCUT2D eigenvalue weighted by Crippen LogP contribution is -2.20. The quantitative estimate of drug-likeness (QED) is 0.136. The fourth-order valence-corrected chi connectivity index (χ4v) is 5.21. The molecule has 8 heteroatoms. The van der Waals surface area contributed by atoms with Gasteiger partial charge in [0.15, 0.2) is 5.76 Å². The van der Waals surface area contributed by atoms with Crippen LogP contribution in [0.2, 0.25) is 0 Å². The van der Waals surface area contributed by atoms with Crippen LogP contribution < -0.4 is 15.0 Å². The van der Waals surface area contributed by atoms with Gasteiger partial charge >= 0.3 is 0 Å². The summed E-state index contributed by atoms with van der Waals surface area (Å²) in [4.78, 5) is 18.3. The topological polar surface area (TPSA) is 78.9 Å². The first-order chi connectivity index (χ1) is 19.5. The Balaban J connectivity index is 1.36. The number of para-hydroxylation sites is 1. The molecule has 0 spiro atoms. The van der Waals surface area contributed by atoms with Crippen LogP contribution in [0.4, 0.5) is 0 Å². The van der Waals surface area contributed by atoms with Crippen molar-refractivity contribution in [3.05, 3.63) is 122 Å². The van der Waals surface area contributed by atoms with E-state index in [9.17, 15) is 4.79 Å². The number of hydrogen-bond donors (Lipinski definition) is 0. The first-order valence-corrected chi connectivity index (χ1v) is 13.7. The highest BCUT2D eigenvalue weighted by Crippen LogP contribution is 2.33. The van der Waals surface area contributed by atoms with Crippen molar-refractivity contribution in [3.63, 3.8) is 0 Å². The molecule has 0 aliphatic rings. The first-order valence-electron chi connectivity index (χ1n) is 12.6. The number of fused-ring (bicyclic) bond motifs is 2. The smallest absolute Gasteiger partial charge is 0.282 e. The number of rotatable bonds is 7. The van der Waals surface area contributed by atoms with E-state index in [4.69, 9.17) is 18.9 Å². The van der Waals surface area contributed by atoms with E-state index >= 15 is 0 Å². The van der Waals surface area contributed by atoms with Gasteiger partial charge in [0.05, 0.1) is 33.2 Å². The van der Waals surface area contributed by atoms with Crippen LogP contribution in [0.25, 0.3) is 33.5 Å². The highest BCUT2D eigenvalue weighted by atomic mass is 127. The van der Waals surface area contributed by atoms with Crippen LogP contribution >= 0.6 is 22.6 Å². The normalized spacial score (nSPS) is 11.5. The van der Waals surface area contributed by atoms with E-state index in [1.807, 2.05) is 66.7 Å². The minimum atomic E-state index is -0.294. The number of furan rings is 1. The third-order valence-corrected chi connectivity index (χ3v) is 7.31. The van der Waals surface area contributed by atoms with Crippen molar-refractivity contribution in [1.29, 1.82) is 0 Å². The van der Waals surface area contributed by atoms with Crippen molar-refractivity contribution in [3.8, 4) is 23.1 Å². The van der Waals surface area contributed by atoms with Gasteiger partial charge in [0.2, 0.25) is 5.82 Å². The molecular formula is C32H24IN3O4. The van der Waals surface area contributed by atoms with Crippen LogP contribution in [0.3, 0.4) is 0 Å². The Kier molecular flexibility index (Phi) is 7.08. The molecule has 6 aromatic rings. The Morgan fingerprint density at radius 2 is 1.80 bits per heavy atom. The lowest BCUT2D eigenvalue weighted by Gasteiger charge is -2.10. The molecule has 40 heavy (non-hydrogen) atoms. The number of halogens is 1. The minimum absolute atomic E-state index is 0.294. The number of benzene rings is 4. The average molecular weight is 641 g/mol. The zero-order valence-electron chi connectivity index (χ0n) is 21.8. The number of hydrogen-bond acceptors (Lipinski definition) is 6. The number of nitrogens with zero attached hydrogens (tertiary/aromatic N) is 3. The summed E-state index contributed by atoms with van der Waals surface area (Å²) in [5, 5.41) is 5.82. The summed E-state index contributed by atoms with van der Waals surface area (Å²) in [5.74, 6) is 2.16. The zero-order chi connectivity index (χ0) is 27.6. The van der Waals surface area contributed by atoms with Crippen molar-refractivity contribution in [1.82, 2.24) is 9.66 Å². The van der Waals surface area contributed by atoms with E-state index in [0.29, 0.717) is 40.4 Å². The summed E-state index contributed by atoms with van der Waals surface area (Å²) in [6, 6.07) is 28.6. The minimum Gasteiger partial charge on any atom is -0.496 e. The van der Waals surface area contributed by atoms with Crippen LogP contribution in [0.15, 0.2) is 105 Å². The molecule has 0 saturated heterocycles. The average Bonchev–Trinajstić information content (AvgIpc) is 3.41. The van der Waals surface area contributed by atoms with Gasteiger partial charge in [-0.25, -0.2) is 4.98 Å². The van der Waals surface area contributed by atoms with E-state index in [0.717, 1.165) is 25.8 Å². The fraction of sp³-hybridized carbons (Fsp3) is 0.0938. The number of aromatic nitrogens is 2. The molecule has 0 amide bonds. The predicted molar refractivity (Wildman–Crippen MR) is 165 cm³/mol. The Morgan fingerprint density at radius 3 is 2.62 bits per heavy atom. The van der Waals surface area contributed by atoms with Gasteiger partial charge in [-0.1, -0.05) is 48.0 Å². The second-order valence-corrected chi connectivity index (χ2v) is 10.4. The van der Waals surface area contributed by atoms with Crippen LogP contribution in [0.1, 0.15) is 16.7 Å². The van der Waals surface area contributed by atoms with Crippen LogP contribution in [0, 0.1) is 10.5 Å². The van der Waals surface area contributed by atoms with E-state index in [1.165, 1.54) is 10.2 Å². The molecule has 4 aromatic carbocycles. The summed E-state index contributed by atoms with van der Waals surface area (Å²) < 4.78 is 19.9. The number of ether oxygens (including phenoxy) is 2. The van der Waals surface area contributed by atoms with Gasteiger partial charge in [-0.15, -0.1) is 0 Å². The molecule has 0 atom stereocenters. The molecule has 6 rings (SSSR count). The monoisotopic (exact) mass is 641 g/mol. The molecule has 0 N–H and O–H groups in total. The summed E-state index contributed by atoms with van der Waals surface area (Å²) in [6.45, 7) is 2.54. The standard InChI is InChI=1S/C32H24IN3O4/c1-20-7-5-8-22(15-20)19-39-29-14-13-21(16-25(29)33)18-34-36-31(35-26-10-4-3-9-23(26)32(36)37)30-17-24-27(38-2)11-6-12-28(24)40-30/h3-18H,19H2,1-2H3. The highest BCUT2D eigenvalue weighted by Gasteiger charge is 2.18. The van der Waals surface area contributed by atoms with Gasteiger partial charge in [-0.2, -0.15) is 9.78 Å². The Morgan fingerprint density at radius 1 is 0.950 bits per heavy atom. The Bertz CT molecular complexity index is 1960. The molecule has 0 fully saturated rings. The molecule has 0 unspecified atom stereocenters.